The van der Waals surface area contributed by atoms with Crippen molar-refractivity contribution in [1.29, 1.82) is 0 Å². The van der Waals surface area contributed by atoms with Crippen LogP contribution in [0.4, 0.5) is 0 Å². The lowest BCUT2D eigenvalue weighted by Crippen LogP contribution is -1.85. The molecule has 0 aromatic carbocycles. The largest absolute Gasteiger partial charge is 0.303 e. The lowest BCUT2D eigenvalue weighted by Gasteiger charge is -1.89. The van der Waals surface area contributed by atoms with Gasteiger partial charge in [0.05, 0.1) is 11.4 Å². The van der Waals surface area contributed by atoms with Crippen molar-refractivity contribution in [2.45, 2.75) is 13.8 Å². The molecule has 0 aliphatic rings. The van der Waals surface area contributed by atoms with Gasteiger partial charge in [-0.25, -0.2) is 0 Å². The van der Waals surface area contributed by atoms with Gasteiger partial charge in [0.15, 0.2) is 0 Å². The molecule has 3 heteroatoms. The Morgan fingerprint density at radius 2 is 1.73 bits per heavy atom. The topological polar surface area (TPSA) is 42.9 Å². The van der Waals surface area contributed by atoms with Gasteiger partial charge in [0.2, 0.25) is 0 Å². The van der Waals surface area contributed by atoms with Crippen LogP contribution in [0.25, 0.3) is 0 Å². The van der Waals surface area contributed by atoms with Gasteiger partial charge in [-0.2, -0.15) is 0 Å². The molecule has 0 saturated carbocycles. The van der Waals surface area contributed by atoms with Gasteiger partial charge in [0.25, 0.3) is 0 Å². The second-order valence-corrected chi connectivity index (χ2v) is 1.97. The highest BCUT2D eigenvalue weighted by atomic mass is 16.1. The zero-order chi connectivity index (χ0) is 8.69. The number of carbonyl (C=O) groups excluding carboxylic acids is 1. The van der Waals surface area contributed by atoms with Gasteiger partial charge in [-0.3, -0.25) is 9.97 Å². The second-order valence-electron chi connectivity index (χ2n) is 1.97. The van der Waals surface area contributed by atoms with Crippen molar-refractivity contribution in [3.63, 3.8) is 0 Å². The molecule has 0 unspecified atom stereocenters. The summed E-state index contributed by atoms with van der Waals surface area (Å²) in [6.45, 7) is 6.67. The first-order chi connectivity index (χ1) is 5.20. The van der Waals surface area contributed by atoms with Crippen LogP contribution in [0.15, 0.2) is 12.4 Å². The molecule has 0 amide bonds. The van der Waals surface area contributed by atoms with E-state index in [1.165, 1.54) is 0 Å². The standard InChI is InChI=1S/C6H8N2.C2H3O/c1-5-3-7-4-6(2)8-5;1-2-3/h3-4H,1-2H3;2H,1H2. The molecule has 0 saturated heterocycles. The Labute approximate surface area is 66.5 Å². The Bertz CT molecular complexity index is 206. The first kappa shape index (κ1) is 9.75. The Morgan fingerprint density at radius 1 is 1.36 bits per heavy atom. The summed E-state index contributed by atoms with van der Waals surface area (Å²) >= 11 is 0. The number of aldehydes is 1. The van der Waals surface area contributed by atoms with Crippen LogP contribution in [0.3, 0.4) is 0 Å². The van der Waals surface area contributed by atoms with Gasteiger partial charge in [-0.1, -0.05) is 0 Å². The van der Waals surface area contributed by atoms with E-state index in [-0.39, 0.29) is 0 Å². The summed E-state index contributed by atoms with van der Waals surface area (Å²) in [4.78, 5) is 16.7. The molecule has 0 fully saturated rings. The fourth-order valence-electron chi connectivity index (χ4n) is 0.589. The maximum atomic E-state index is 8.69. The van der Waals surface area contributed by atoms with Gasteiger partial charge >= 0.3 is 0 Å². The summed E-state index contributed by atoms with van der Waals surface area (Å²) in [5.74, 6) is 0. The molecular formula is C8H11N2O. The highest BCUT2D eigenvalue weighted by molar-refractivity contribution is 5.53. The van der Waals surface area contributed by atoms with Crippen molar-refractivity contribution in [3.8, 4) is 0 Å². The van der Waals surface area contributed by atoms with E-state index < -0.39 is 0 Å². The summed E-state index contributed by atoms with van der Waals surface area (Å²) < 4.78 is 0. The zero-order valence-electron chi connectivity index (χ0n) is 6.74. The summed E-state index contributed by atoms with van der Waals surface area (Å²) in [7, 11) is 0. The monoisotopic (exact) mass is 151 g/mol. The van der Waals surface area contributed by atoms with Crippen molar-refractivity contribution in [3.05, 3.63) is 30.7 Å². The minimum Gasteiger partial charge on any atom is -0.303 e. The third-order valence-electron chi connectivity index (χ3n) is 0.875. The van der Waals surface area contributed by atoms with Crippen LogP contribution in [-0.4, -0.2) is 16.3 Å². The van der Waals surface area contributed by atoms with Gasteiger partial charge < -0.3 is 4.79 Å². The first-order valence-electron chi connectivity index (χ1n) is 3.18. The average Bonchev–Trinajstić information content (AvgIpc) is 1.88. The minimum absolute atomic E-state index is 0.500. The Kier molecular flexibility index (Phi) is 4.90. The number of aryl methyl sites for hydroxylation is 2. The van der Waals surface area contributed by atoms with Crippen LogP contribution < -0.4 is 0 Å². The maximum Gasteiger partial charge on any atom is 0.120 e. The van der Waals surface area contributed by atoms with Crippen LogP contribution >= 0.6 is 0 Å². The van der Waals surface area contributed by atoms with Crippen LogP contribution in [0.5, 0.6) is 0 Å². The molecule has 1 aromatic rings. The number of nitrogens with zero attached hydrogens (tertiary/aromatic N) is 2. The van der Waals surface area contributed by atoms with Crippen LogP contribution in [0.2, 0.25) is 0 Å². The average molecular weight is 151 g/mol. The van der Waals surface area contributed by atoms with Gasteiger partial charge in [0.1, 0.15) is 6.29 Å². The molecule has 0 aliphatic carbocycles. The van der Waals surface area contributed by atoms with E-state index in [1.54, 1.807) is 12.4 Å². The lowest BCUT2D eigenvalue weighted by atomic mass is 10.4. The highest BCUT2D eigenvalue weighted by Gasteiger charge is 1.83. The van der Waals surface area contributed by atoms with Gasteiger partial charge in [0, 0.05) is 19.3 Å². The van der Waals surface area contributed by atoms with Crippen molar-refractivity contribution < 1.29 is 4.79 Å². The number of carbonyl (C=O) groups is 1. The second kappa shape index (κ2) is 5.53. The minimum atomic E-state index is 0.500. The molecule has 0 N–H and O–H groups in total. The quantitative estimate of drug-likeness (QED) is 0.522. The molecule has 11 heavy (non-hydrogen) atoms. The third-order valence-corrected chi connectivity index (χ3v) is 0.875. The number of hydrogen-bond donors (Lipinski definition) is 0. The van der Waals surface area contributed by atoms with Crippen LogP contribution in [-0.2, 0) is 4.79 Å². The Hall–Kier alpha value is -1.25. The number of aromatic nitrogens is 2. The first-order valence-corrected chi connectivity index (χ1v) is 3.18. The molecule has 3 nitrogen and oxygen atoms in total. The molecular weight excluding hydrogens is 140 g/mol. The normalized spacial score (nSPS) is 7.91. The SMILES string of the molecule is Cc1cncc(C)n1.[CH2]C=O. The smallest absolute Gasteiger partial charge is 0.120 e. The summed E-state index contributed by atoms with van der Waals surface area (Å²) in [6.07, 6.45) is 3.99. The molecule has 0 spiro atoms. The maximum absolute atomic E-state index is 8.69. The van der Waals surface area contributed by atoms with E-state index in [2.05, 4.69) is 16.9 Å². The molecule has 1 rings (SSSR count). The van der Waals surface area contributed by atoms with Crippen molar-refractivity contribution in [2.75, 3.05) is 0 Å². The fourth-order valence-corrected chi connectivity index (χ4v) is 0.589. The molecule has 1 aromatic heterocycles. The fraction of sp³-hybridized carbons (Fsp3) is 0.250. The Balaban J connectivity index is 0.000000292. The third kappa shape index (κ3) is 5.21. The van der Waals surface area contributed by atoms with E-state index in [9.17, 15) is 0 Å². The summed E-state index contributed by atoms with van der Waals surface area (Å²) in [5.41, 5.74) is 1.95. The summed E-state index contributed by atoms with van der Waals surface area (Å²) in [6, 6.07) is 0. The van der Waals surface area contributed by atoms with Crippen LogP contribution in [0, 0.1) is 20.8 Å². The van der Waals surface area contributed by atoms with Gasteiger partial charge in [-0.05, 0) is 13.8 Å². The zero-order valence-corrected chi connectivity index (χ0v) is 6.74. The Morgan fingerprint density at radius 3 is 1.91 bits per heavy atom. The highest BCUT2D eigenvalue weighted by Crippen LogP contribution is 1.89. The van der Waals surface area contributed by atoms with E-state index in [0.29, 0.717) is 6.29 Å². The van der Waals surface area contributed by atoms with Crippen molar-refractivity contribution in [2.24, 2.45) is 0 Å². The number of hydrogen-bond acceptors (Lipinski definition) is 3. The molecule has 0 bridgehead atoms. The van der Waals surface area contributed by atoms with Crippen molar-refractivity contribution in [1.82, 2.24) is 9.97 Å². The molecule has 1 radical (unpaired) electrons. The van der Waals surface area contributed by atoms with E-state index >= 15 is 0 Å². The summed E-state index contributed by atoms with van der Waals surface area (Å²) in [5, 5.41) is 0. The molecule has 1 heterocycles. The lowest BCUT2D eigenvalue weighted by molar-refractivity contribution is -0.104. The molecule has 0 aliphatic heterocycles. The van der Waals surface area contributed by atoms with E-state index in [4.69, 9.17) is 4.79 Å². The van der Waals surface area contributed by atoms with E-state index in [0.717, 1.165) is 11.4 Å². The van der Waals surface area contributed by atoms with Gasteiger partial charge in [-0.15, -0.1) is 0 Å². The van der Waals surface area contributed by atoms with Crippen LogP contribution in [0.1, 0.15) is 11.4 Å². The predicted octanol–water partition coefficient (Wildman–Crippen LogP) is 1.11. The molecule has 59 valence electrons. The predicted molar refractivity (Wildman–Crippen MR) is 42.9 cm³/mol. The van der Waals surface area contributed by atoms with Crippen molar-refractivity contribution >= 4 is 6.29 Å². The number of rotatable bonds is 0. The van der Waals surface area contributed by atoms with E-state index in [1.807, 2.05) is 13.8 Å². The molecule has 0 atom stereocenters.